The Bertz CT molecular complexity index is 2940. The van der Waals surface area contributed by atoms with E-state index in [1.807, 2.05) is 0 Å². The summed E-state index contributed by atoms with van der Waals surface area (Å²) < 4.78 is 0. The molecule has 5 aromatic rings. The first-order valence-corrected chi connectivity index (χ1v) is 26.3. The molecular weight excluding hydrogens is 916 g/mol. The van der Waals surface area contributed by atoms with Gasteiger partial charge in [-0.1, -0.05) is 170 Å². The van der Waals surface area contributed by atoms with Crippen molar-refractivity contribution in [3.8, 4) is 47.9 Å². The molecule has 0 fully saturated rings. The minimum atomic E-state index is 0. The van der Waals surface area contributed by atoms with Crippen LogP contribution in [0.4, 0.5) is 5.69 Å². The number of terminal acetylenes is 1. The maximum absolute atomic E-state index is 5.38. The molecule has 6 heteroatoms. The number of unbranched alkanes of at least 4 members (excludes halogenated alkanes) is 11. The normalized spacial score (nSPS) is 10.9. The van der Waals surface area contributed by atoms with E-state index in [1.54, 1.807) is 6.92 Å². The summed E-state index contributed by atoms with van der Waals surface area (Å²) >= 11 is 0. The smallest absolute Gasteiger partial charge is 0.656 e. The van der Waals surface area contributed by atoms with Crippen LogP contribution in [-0.4, -0.2) is 23.1 Å². The minimum absolute atomic E-state index is 0. The number of rotatable bonds is 20. The topological polar surface area (TPSA) is 57.2 Å². The molecular formula is C65H73N5Zn. The van der Waals surface area contributed by atoms with Gasteiger partial charge in [0.05, 0.1) is 22.8 Å². The summed E-state index contributed by atoms with van der Waals surface area (Å²) in [6, 6.07) is 25.8. The second kappa shape index (κ2) is 30.4. The van der Waals surface area contributed by atoms with Crippen LogP contribution in [0.2, 0.25) is 0 Å². The Hall–Kier alpha value is -6.30. The molecule has 0 unspecified atom stereocenters. The Labute approximate surface area is 440 Å². The number of hydrogen-bond donors (Lipinski definition) is 0. The molecule has 0 amide bonds. The summed E-state index contributed by atoms with van der Waals surface area (Å²) in [5.74, 6) is 21.2. The molecule has 5 heterocycles. The van der Waals surface area contributed by atoms with E-state index < -0.39 is 0 Å². The van der Waals surface area contributed by atoms with Gasteiger partial charge in [0.25, 0.3) is 0 Å². The Balaban J connectivity index is 0.00000149. The summed E-state index contributed by atoms with van der Waals surface area (Å²) in [5, 5.41) is 0. The molecule has 71 heavy (non-hydrogen) atoms. The van der Waals surface area contributed by atoms with Crippen molar-refractivity contribution in [3.63, 3.8) is 0 Å². The van der Waals surface area contributed by atoms with E-state index >= 15 is 0 Å². The van der Waals surface area contributed by atoms with Gasteiger partial charge < -0.3 is 14.9 Å². The Morgan fingerprint density at radius 3 is 1.32 bits per heavy atom. The molecule has 360 valence electrons. The van der Waals surface area contributed by atoms with E-state index in [4.69, 9.17) is 26.4 Å². The molecule has 7 rings (SSSR count). The molecule has 0 aliphatic carbocycles. The minimum Gasteiger partial charge on any atom is -0.656 e. The van der Waals surface area contributed by atoms with E-state index in [0.29, 0.717) is 0 Å². The fraction of sp³-hybridized carbons (Fsp3) is 0.385. The van der Waals surface area contributed by atoms with Crippen LogP contribution < -0.4 is 14.9 Å². The van der Waals surface area contributed by atoms with Crippen molar-refractivity contribution in [2.45, 2.75) is 151 Å². The van der Waals surface area contributed by atoms with Crippen LogP contribution in [0.5, 0.6) is 0 Å². The number of aromatic nitrogens is 4. The summed E-state index contributed by atoms with van der Waals surface area (Å²) in [6.07, 6.45) is 33.1. The molecule has 0 saturated carbocycles. The first-order valence-electron chi connectivity index (χ1n) is 26.3. The fourth-order valence-corrected chi connectivity index (χ4v) is 8.81. The van der Waals surface area contributed by atoms with Gasteiger partial charge in [-0.15, -0.1) is 28.5 Å². The van der Waals surface area contributed by atoms with Gasteiger partial charge in [-0.3, -0.25) is 0 Å². The third kappa shape index (κ3) is 16.6. The molecule has 2 aliphatic rings. The largest absolute Gasteiger partial charge is 2.00 e. The molecule has 0 radical (unpaired) electrons. The van der Waals surface area contributed by atoms with Crippen molar-refractivity contribution in [2.24, 2.45) is 0 Å². The monoisotopic (exact) mass is 988 g/mol. The number of anilines is 1. The maximum Gasteiger partial charge on any atom is 2.00 e. The molecule has 0 N–H and O–H groups in total. The molecule has 8 bridgehead atoms. The quantitative estimate of drug-likeness (QED) is 0.0433. The number of fused-ring (bicyclic) bond motifs is 8. The molecule has 0 spiro atoms. The molecule has 0 saturated heterocycles. The molecule has 3 aromatic heterocycles. The second-order valence-electron chi connectivity index (χ2n) is 18.4. The zero-order valence-electron chi connectivity index (χ0n) is 43.7. The Kier molecular flexibility index (Phi) is 23.9. The van der Waals surface area contributed by atoms with Crippen molar-refractivity contribution in [1.29, 1.82) is 0 Å². The Morgan fingerprint density at radius 1 is 0.479 bits per heavy atom. The van der Waals surface area contributed by atoms with Gasteiger partial charge in [-0.05, 0) is 136 Å². The van der Waals surface area contributed by atoms with E-state index in [2.05, 4.69) is 178 Å². The first kappa shape index (κ1) is 55.6. The summed E-state index contributed by atoms with van der Waals surface area (Å²) in [7, 11) is 0. The predicted molar refractivity (Wildman–Crippen MR) is 300 cm³/mol. The number of nitrogens with zero attached hydrogens (tertiary/aromatic N) is 5. The molecule has 2 aliphatic heterocycles. The standard InChI is InChI=1S/C60H69N5.C5H4.Zn/c1-6-10-14-18-22-50-55-37-41-58(63-55)51(33-29-46-25-23-45(5)24-26-46)57-39-35-53(61-57)49(21-17-13-9-4)54-36-40-59(62-54)52(60-42-38-56(50)64-60)34-30-47-27-31-48(32-28-47)65(43-19-15-11-7-2)44-20-16-12-8-3;1-3-5-4-2;/h23-28,31-32,35-42H,6-22,43-44H2,1-5H3;1H,2H3;/q-2;;+2. The Morgan fingerprint density at radius 2 is 0.887 bits per heavy atom. The van der Waals surface area contributed by atoms with Crippen molar-refractivity contribution in [3.05, 3.63) is 135 Å². The van der Waals surface area contributed by atoms with E-state index in [-0.39, 0.29) is 19.5 Å². The SMILES string of the molecule is C#CC#CC.CCCCCCc1c2nc(c(C#Cc3ccc(N(CCCCCC)CCCCCC)cc3)c3ccc([n-]3)c(CCCCC)c3nc(c(C#Cc4ccc(C)cc4)c4ccc1[n-]4)C=C3)C=C2.[Zn+2]. The van der Waals surface area contributed by atoms with Gasteiger partial charge in [0, 0.05) is 41.0 Å². The summed E-state index contributed by atoms with van der Waals surface area (Å²) in [4.78, 5) is 24.0. The van der Waals surface area contributed by atoms with Crippen LogP contribution >= 0.6 is 0 Å². The van der Waals surface area contributed by atoms with Gasteiger partial charge >= 0.3 is 19.5 Å². The maximum atomic E-state index is 5.38. The zero-order valence-corrected chi connectivity index (χ0v) is 46.7. The second-order valence-corrected chi connectivity index (χ2v) is 18.4. The van der Waals surface area contributed by atoms with Crippen molar-refractivity contribution < 1.29 is 19.5 Å². The summed E-state index contributed by atoms with van der Waals surface area (Å²) in [5.41, 5.74) is 15.5. The molecule has 2 aromatic carbocycles. The van der Waals surface area contributed by atoms with Crippen LogP contribution in [0.1, 0.15) is 193 Å². The number of hydrogen-bond acceptors (Lipinski definition) is 3. The van der Waals surface area contributed by atoms with Crippen molar-refractivity contribution >= 4 is 52.1 Å². The predicted octanol–water partition coefficient (Wildman–Crippen LogP) is 15.5. The number of aryl methyl sites for hydroxylation is 3. The third-order valence-corrected chi connectivity index (χ3v) is 12.8. The fourth-order valence-electron chi connectivity index (χ4n) is 8.81. The van der Waals surface area contributed by atoms with Gasteiger partial charge in [-0.25, -0.2) is 9.97 Å². The van der Waals surface area contributed by atoms with Crippen molar-refractivity contribution in [2.75, 3.05) is 18.0 Å². The third-order valence-electron chi connectivity index (χ3n) is 12.8. The average Bonchev–Trinajstić information content (AvgIpc) is 4.24. The van der Waals surface area contributed by atoms with Gasteiger partial charge in [-0.2, -0.15) is 0 Å². The van der Waals surface area contributed by atoms with Crippen LogP contribution in [0.25, 0.3) is 46.4 Å². The van der Waals surface area contributed by atoms with Crippen LogP contribution in [-0.2, 0) is 32.3 Å². The first-order chi connectivity index (χ1) is 34.4. The van der Waals surface area contributed by atoms with Gasteiger partial charge in [0.1, 0.15) is 0 Å². The molecule has 5 nitrogen and oxygen atoms in total. The average molecular weight is 990 g/mol. The van der Waals surface area contributed by atoms with Gasteiger partial charge in [0.2, 0.25) is 0 Å². The van der Waals surface area contributed by atoms with Crippen molar-refractivity contribution in [1.82, 2.24) is 19.9 Å². The van der Waals surface area contributed by atoms with E-state index in [9.17, 15) is 0 Å². The summed E-state index contributed by atoms with van der Waals surface area (Å²) in [6.45, 7) is 15.1. The van der Waals surface area contributed by atoms with Crippen LogP contribution in [0.15, 0.2) is 72.8 Å². The zero-order chi connectivity index (χ0) is 49.3. The van der Waals surface area contributed by atoms with Gasteiger partial charge in [0.15, 0.2) is 0 Å². The molecule has 0 atom stereocenters. The van der Waals surface area contributed by atoms with Crippen LogP contribution in [0.3, 0.4) is 0 Å². The van der Waals surface area contributed by atoms with E-state index in [0.717, 1.165) is 136 Å². The van der Waals surface area contributed by atoms with Crippen LogP contribution in [0, 0.1) is 54.8 Å². The number of benzene rings is 2. The van der Waals surface area contributed by atoms with E-state index in [1.165, 1.54) is 75.5 Å².